The second kappa shape index (κ2) is 3.24. The van der Waals surface area contributed by atoms with Gasteiger partial charge in [-0.1, -0.05) is 36.4 Å². The highest BCUT2D eigenvalue weighted by molar-refractivity contribution is 5.90. The van der Waals surface area contributed by atoms with Gasteiger partial charge in [0.05, 0.1) is 6.61 Å². The van der Waals surface area contributed by atoms with Crippen LogP contribution in [0.4, 0.5) is 0 Å². The van der Waals surface area contributed by atoms with Crippen LogP contribution in [-0.2, 0) is 6.42 Å². The number of fused-ring (bicyclic) bond motifs is 3. The molecule has 1 aliphatic heterocycles. The largest absolute Gasteiger partial charge is 0.487 e. The minimum atomic E-state index is -0.0641. The summed E-state index contributed by atoms with van der Waals surface area (Å²) < 4.78 is 5.72. The van der Waals surface area contributed by atoms with Gasteiger partial charge in [-0.15, -0.1) is 0 Å². The summed E-state index contributed by atoms with van der Waals surface area (Å²) in [6, 6.07) is 12.4. The number of hydrogen-bond donors (Lipinski definition) is 1. The lowest BCUT2D eigenvalue weighted by atomic mass is 10.0. The minimum Gasteiger partial charge on any atom is -0.487 e. The van der Waals surface area contributed by atoms with E-state index in [0.717, 1.165) is 17.6 Å². The fourth-order valence-electron chi connectivity index (χ4n) is 2.14. The van der Waals surface area contributed by atoms with Crippen LogP contribution in [0.2, 0.25) is 0 Å². The Morgan fingerprint density at radius 3 is 2.93 bits per heavy atom. The van der Waals surface area contributed by atoms with Crippen LogP contribution >= 0.6 is 0 Å². The normalized spacial score (nSPS) is 18.9. The Kier molecular flexibility index (Phi) is 1.89. The third-order valence-corrected chi connectivity index (χ3v) is 2.90. The zero-order valence-corrected chi connectivity index (χ0v) is 8.31. The predicted octanol–water partition coefficient (Wildman–Crippen LogP) is 2.14. The van der Waals surface area contributed by atoms with E-state index in [9.17, 15) is 0 Å². The molecule has 0 saturated carbocycles. The van der Waals surface area contributed by atoms with Crippen LogP contribution in [0.15, 0.2) is 36.4 Å². The highest BCUT2D eigenvalue weighted by Gasteiger charge is 2.23. The Balaban J connectivity index is 2.20. The quantitative estimate of drug-likeness (QED) is 0.764. The molecule has 1 atom stereocenters. The zero-order chi connectivity index (χ0) is 10.3. The van der Waals surface area contributed by atoms with Crippen molar-refractivity contribution in [2.24, 2.45) is 0 Å². The summed E-state index contributed by atoms with van der Waals surface area (Å²) in [5, 5.41) is 11.4. The first kappa shape index (κ1) is 8.74. The molecule has 2 heteroatoms. The summed E-state index contributed by atoms with van der Waals surface area (Å²) in [5.74, 6) is 0.951. The molecule has 0 unspecified atom stereocenters. The molecule has 76 valence electrons. The van der Waals surface area contributed by atoms with Crippen LogP contribution in [0.5, 0.6) is 5.75 Å². The predicted molar refractivity (Wildman–Crippen MR) is 59.2 cm³/mol. The maximum atomic E-state index is 9.09. The van der Waals surface area contributed by atoms with Gasteiger partial charge >= 0.3 is 0 Å². The highest BCUT2D eigenvalue weighted by Crippen LogP contribution is 2.35. The van der Waals surface area contributed by atoms with E-state index < -0.39 is 0 Å². The fraction of sp³-hybridized carbons (Fsp3) is 0.231. The third-order valence-electron chi connectivity index (χ3n) is 2.90. The number of ether oxygens (including phenoxy) is 1. The van der Waals surface area contributed by atoms with Gasteiger partial charge in [-0.3, -0.25) is 0 Å². The first-order chi connectivity index (χ1) is 7.38. The Hall–Kier alpha value is -1.54. The molecule has 0 fully saturated rings. The van der Waals surface area contributed by atoms with Crippen molar-refractivity contribution in [3.8, 4) is 5.75 Å². The van der Waals surface area contributed by atoms with Crippen LogP contribution in [0.3, 0.4) is 0 Å². The molecular weight excluding hydrogens is 188 g/mol. The monoisotopic (exact) mass is 200 g/mol. The van der Waals surface area contributed by atoms with Crippen molar-refractivity contribution in [3.05, 3.63) is 42.0 Å². The van der Waals surface area contributed by atoms with Gasteiger partial charge in [-0.25, -0.2) is 0 Å². The lowest BCUT2D eigenvalue weighted by Crippen LogP contribution is -2.17. The van der Waals surface area contributed by atoms with Crippen LogP contribution in [0.1, 0.15) is 5.56 Å². The molecule has 0 amide bonds. The third kappa shape index (κ3) is 1.29. The molecule has 2 aromatic carbocycles. The van der Waals surface area contributed by atoms with Gasteiger partial charge in [0.2, 0.25) is 0 Å². The molecule has 0 saturated heterocycles. The molecular formula is C13H12O2. The Morgan fingerprint density at radius 1 is 1.20 bits per heavy atom. The van der Waals surface area contributed by atoms with Gasteiger partial charge in [0.1, 0.15) is 11.9 Å². The number of rotatable bonds is 1. The van der Waals surface area contributed by atoms with E-state index >= 15 is 0 Å². The van der Waals surface area contributed by atoms with Gasteiger partial charge in [0.25, 0.3) is 0 Å². The molecule has 2 nitrogen and oxygen atoms in total. The lowest BCUT2D eigenvalue weighted by Gasteiger charge is -2.07. The minimum absolute atomic E-state index is 0.0641. The zero-order valence-electron chi connectivity index (χ0n) is 8.31. The molecule has 1 N–H and O–H groups in total. The molecule has 0 aromatic heterocycles. The van der Waals surface area contributed by atoms with Crippen LogP contribution in [-0.4, -0.2) is 17.8 Å². The van der Waals surface area contributed by atoms with E-state index in [1.807, 2.05) is 12.1 Å². The molecule has 3 rings (SSSR count). The molecule has 0 aliphatic carbocycles. The maximum Gasteiger partial charge on any atom is 0.131 e. The van der Waals surface area contributed by atoms with E-state index in [2.05, 4.69) is 24.3 Å². The van der Waals surface area contributed by atoms with Gasteiger partial charge in [-0.2, -0.15) is 0 Å². The number of benzene rings is 2. The van der Waals surface area contributed by atoms with E-state index in [-0.39, 0.29) is 12.7 Å². The second-order valence-electron chi connectivity index (χ2n) is 3.90. The van der Waals surface area contributed by atoms with Crippen LogP contribution in [0.25, 0.3) is 10.8 Å². The first-order valence-corrected chi connectivity index (χ1v) is 5.16. The SMILES string of the molecule is OC[C@@H]1Cc2ccc3ccccc3c2O1. The van der Waals surface area contributed by atoms with E-state index in [1.165, 1.54) is 10.9 Å². The summed E-state index contributed by atoms with van der Waals surface area (Å²) in [7, 11) is 0. The van der Waals surface area contributed by atoms with E-state index in [1.54, 1.807) is 0 Å². The van der Waals surface area contributed by atoms with Crippen molar-refractivity contribution < 1.29 is 9.84 Å². The van der Waals surface area contributed by atoms with Crippen molar-refractivity contribution in [2.75, 3.05) is 6.61 Å². The first-order valence-electron chi connectivity index (χ1n) is 5.16. The van der Waals surface area contributed by atoms with E-state index in [4.69, 9.17) is 9.84 Å². The smallest absolute Gasteiger partial charge is 0.131 e. The number of aliphatic hydroxyl groups is 1. The number of aliphatic hydroxyl groups excluding tert-OH is 1. The Morgan fingerprint density at radius 2 is 2.07 bits per heavy atom. The van der Waals surface area contributed by atoms with Gasteiger partial charge in [0.15, 0.2) is 0 Å². The topological polar surface area (TPSA) is 29.5 Å². The van der Waals surface area contributed by atoms with Gasteiger partial charge in [-0.05, 0) is 10.9 Å². The Labute approximate surface area is 88.1 Å². The molecule has 0 spiro atoms. The van der Waals surface area contributed by atoms with Crippen molar-refractivity contribution in [1.82, 2.24) is 0 Å². The molecule has 1 aliphatic rings. The summed E-state index contributed by atoms with van der Waals surface area (Å²) in [6.45, 7) is 0.0863. The van der Waals surface area contributed by atoms with Crippen molar-refractivity contribution in [2.45, 2.75) is 12.5 Å². The van der Waals surface area contributed by atoms with Gasteiger partial charge in [0, 0.05) is 11.8 Å². The average Bonchev–Trinajstić information content (AvgIpc) is 2.72. The van der Waals surface area contributed by atoms with Crippen molar-refractivity contribution in [1.29, 1.82) is 0 Å². The van der Waals surface area contributed by atoms with Crippen molar-refractivity contribution in [3.63, 3.8) is 0 Å². The standard InChI is InChI=1S/C13H12O2/c14-8-11-7-10-6-5-9-3-1-2-4-12(9)13(10)15-11/h1-6,11,14H,7-8H2/t11-/m0/s1. The molecule has 0 radical (unpaired) electrons. The second-order valence-corrected chi connectivity index (χ2v) is 3.90. The molecule has 0 bridgehead atoms. The van der Waals surface area contributed by atoms with Gasteiger partial charge < -0.3 is 9.84 Å². The van der Waals surface area contributed by atoms with E-state index in [0.29, 0.717) is 0 Å². The molecule has 2 aromatic rings. The lowest BCUT2D eigenvalue weighted by molar-refractivity contribution is 0.136. The van der Waals surface area contributed by atoms with Crippen LogP contribution in [0, 0.1) is 0 Å². The highest BCUT2D eigenvalue weighted by atomic mass is 16.5. The summed E-state index contributed by atoms with van der Waals surface area (Å²) in [6.07, 6.45) is 0.752. The fourth-order valence-corrected chi connectivity index (χ4v) is 2.14. The summed E-state index contributed by atoms with van der Waals surface area (Å²) in [5.41, 5.74) is 1.20. The van der Waals surface area contributed by atoms with Crippen LogP contribution < -0.4 is 4.74 Å². The summed E-state index contributed by atoms with van der Waals surface area (Å²) in [4.78, 5) is 0. The molecule has 15 heavy (non-hydrogen) atoms. The maximum absolute atomic E-state index is 9.09. The Bertz CT molecular complexity index is 505. The van der Waals surface area contributed by atoms with Crippen molar-refractivity contribution >= 4 is 10.8 Å². The number of hydrogen-bond acceptors (Lipinski definition) is 2. The average molecular weight is 200 g/mol. The molecule has 1 heterocycles. The summed E-state index contributed by atoms with van der Waals surface area (Å²) >= 11 is 0.